The van der Waals surface area contributed by atoms with Crippen molar-refractivity contribution in [1.29, 1.82) is 0 Å². The van der Waals surface area contributed by atoms with Crippen LogP contribution in [-0.2, 0) is 4.74 Å². The lowest BCUT2D eigenvalue weighted by Crippen LogP contribution is -2.52. The van der Waals surface area contributed by atoms with Crippen molar-refractivity contribution in [1.82, 2.24) is 0 Å². The number of aliphatic hydroxyl groups is 1. The Hall–Kier alpha value is -1.46. The lowest BCUT2D eigenvalue weighted by molar-refractivity contribution is -0.130. The third-order valence-electron chi connectivity index (χ3n) is 3.52. The molecule has 19 heavy (non-hydrogen) atoms. The topological polar surface area (TPSA) is 51.2 Å². The van der Waals surface area contributed by atoms with E-state index >= 15 is 0 Å². The second kappa shape index (κ2) is 5.67. The zero-order valence-electron chi connectivity index (χ0n) is 11.7. The fourth-order valence-corrected chi connectivity index (χ4v) is 2.31. The van der Waals surface area contributed by atoms with Crippen molar-refractivity contribution in [3.8, 4) is 11.5 Å². The largest absolute Gasteiger partial charge is 0.497 e. The molecule has 0 unspecified atom stereocenters. The maximum atomic E-state index is 9.50. The summed E-state index contributed by atoms with van der Waals surface area (Å²) in [5.74, 6) is 1.57. The number of benzene rings is 1. The van der Waals surface area contributed by atoms with Gasteiger partial charge < -0.3 is 24.2 Å². The Bertz CT molecular complexity index is 426. The molecule has 5 heteroatoms. The summed E-state index contributed by atoms with van der Waals surface area (Å²) in [5.41, 5.74) is 0.782. The number of nitrogens with zero attached hydrogens (tertiary/aromatic N) is 1. The van der Waals surface area contributed by atoms with Crippen molar-refractivity contribution >= 4 is 5.69 Å². The third kappa shape index (κ3) is 2.77. The Balaban J connectivity index is 2.19. The molecule has 1 aliphatic rings. The van der Waals surface area contributed by atoms with Gasteiger partial charge in [-0.15, -0.1) is 0 Å². The molecular weight excluding hydrogens is 246 g/mol. The molecular formula is C14H21NO4. The Kier molecular flexibility index (Phi) is 4.17. The summed E-state index contributed by atoms with van der Waals surface area (Å²) in [6, 6.07) is 5.68. The number of hydrogen-bond donors (Lipinski definition) is 1. The minimum Gasteiger partial charge on any atom is -0.497 e. The number of aliphatic hydroxyl groups excluding tert-OH is 1. The molecule has 0 bridgehead atoms. The van der Waals surface area contributed by atoms with Crippen LogP contribution in [0.15, 0.2) is 18.2 Å². The van der Waals surface area contributed by atoms with E-state index in [9.17, 15) is 5.11 Å². The van der Waals surface area contributed by atoms with Gasteiger partial charge in [0.15, 0.2) is 0 Å². The minimum atomic E-state index is -0.164. The first-order chi connectivity index (χ1) is 9.14. The van der Waals surface area contributed by atoms with Gasteiger partial charge in [0.25, 0.3) is 0 Å². The lowest BCUT2D eigenvalue weighted by Gasteiger charge is -2.43. The molecule has 0 amide bonds. The summed E-state index contributed by atoms with van der Waals surface area (Å²) in [7, 11) is 5.26. The highest BCUT2D eigenvalue weighted by molar-refractivity contribution is 5.61. The van der Waals surface area contributed by atoms with Crippen molar-refractivity contribution in [2.24, 2.45) is 5.41 Å². The Morgan fingerprint density at radius 1 is 1.32 bits per heavy atom. The monoisotopic (exact) mass is 267 g/mol. The number of hydrogen-bond acceptors (Lipinski definition) is 5. The number of methoxy groups -OCH3 is 2. The summed E-state index contributed by atoms with van der Waals surface area (Å²) >= 11 is 0. The Morgan fingerprint density at radius 2 is 2.05 bits per heavy atom. The van der Waals surface area contributed by atoms with Crippen molar-refractivity contribution in [3.05, 3.63) is 18.2 Å². The fraction of sp³-hybridized carbons (Fsp3) is 0.571. The van der Waals surface area contributed by atoms with Gasteiger partial charge >= 0.3 is 0 Å². The molecule has 1 saturated heterocycles. The zero-order valence-corrected chi connectivity index (χ0v) is 11.7. The first-order valence-corrected chi connectivity index (χ1v) is 6.26. The molecule has 1 aliphatic heterocycles. The van der Waals surface area contributed by atoms with E-state index in [1.807, 2.05) is 25.2 Å². The van der Waals surface area contributed by atoms with Crippen LogP contribution in [0.5, 0.6) is 11.5 Å². The molecule has 1 N–H and O–H groups in total. The maximum Gasteiger partial charge on any atom is 0.142 e. The molecule has 1 aromatic carbocycles. The van der Waals surface area contributed by atoms with Crippen LogP contribution in [0.4, 0.5) is 5.69 Å². The summed E-state index contributed by atoms with van der Waals surface area (Å²) in [6.07, 6.45) is 0. The normalized spacial score (nSPS) is 16.6. The van der Waals surface area contributed by atoms with Gasteiger partial charge in [0, 0.05) is 19.7 Å². The third-order valence-corrected chi connectivity index (χ3v) is 3.52. The molecule has 1 fully saturated rings. The van der Waals surface area contributed by atoms with Crippen LogP contribution < -0.4 is 14.4 Å². The van der Waals surface area contributed by atoms with E-state index in [2.05, 4.69) is 4.90 Å². The average Bonchev–Trinajstić information content (AvgIpc) is 2.41. The molecule has 0 aromatic heterocycles. The summed E-state index contributed by atoms with van der Waals surface area (Å²) < 4.78 is 15.8. The average molecular weight is 267 g/mol. The predicted octanol–water partition coefficient (Wildman–Crippen LogP) is 1.15. The van der Waals surface area contributed by atoms with Crippen LogP contribution in [0, 0.1) is 5.41 Å². The van der Waals surface area contributed by atoms with Crippen LogP contribution in [0.25, 0.3) is 0 Å². The smallest absolute Gasteiger partial charge is 0.142 e. The molecule has 1 heterocycles. The summed E-state index contributed by atoms with van der Waals surface area (Å²) in [5, 5.41) is 9.50. The van der Waals surface area contributed by atoms with Gasteiger partial charge in [-0.1, -0.05) is 0 Å². The molecule has 0 saturated carbocycles. The first-order valence-electron chi connectivity index (χ1n) is 6.26. The van der Waals surface area contributed by atoms with Crippen LogP contribution in [0.1, 0.15) is 0 Å². The minimum absolute atomic E-state index is 0.129. The number of ether oxygens (including phenoxy) is 3. The number of rotatable bonds is 6. The van der Waals surface area contributed by atoms with Crippen LogP contribution >= 0.6 is 0 Å². The van der Waals surface area contributed by atoms with Gasteiger partial charge in [0.1, 0.15) is 11.5 Å². The molecule has 1 aromatic rings. The highest BCUT2D eigenvalue weighted by atomic mass is 16.5. The van der Waals surface area contributed by atoms with Gasteiger partial charge in [0.2, 0.25) is 0 Å². The SMILES string of the molecule is COc1ccc(OC)c(N(C)CC2(CO)COC2)c1. The van der Waals surface area contributed by atoms with Crippen molar-refractivity contribution in [3.63, 3.8) is 0 Å². The van der Waals surface area contributed by atoms with E-state index < -0.39 is 0 Å². The van der Waals surface area contributed by atoms with Crippen LogP contribution in [0.2, 0.25) is 0 Å². The van der Waals surface area contributed by atoms with Crippen LogP contribution in [-0.4, -0.2) is 52.7 Å². The van der Waals surface area contributed by atoms with Gasteiger partial charge in [-0.2, -0.15) is 0 Å². The van der Waals surface area contributed by atoms with Crippen molar-refractivity contribution in [2.75, 3.05) is 52.5 Å². The quantitative estimate of drug-likeness (QED) is 0.838. The molecule has 0 atom stereocenters. The Labute approximate surface area is 113 Å². The first kappa shape index (κ1) is 14.0. The standard InChI is InChI=1S/C14H21NO4/c1-15(7-14(8-16)9-19-10-14)12-6-11(17-2)4-5-13(12)18-3/h4-6,16H,7-10H2,1-3H3. The van der Waals surface area contributed by atoms with Crippen LogP contribution in [0.3, 0.4) is 0 Å². The highest BCUT2D eigenvalue weighted by Crippen LogP contribution is 2.35. The molecule has 106 valence electrons. The van der Waals surface area contributed by atoms with E-state index in [0.717, 1.165) is 17.2 Å². The van der Waals surface area contributed by atoms with E-state index in [4.69, 9.17) is 14.2 Å². The summed E-state index contributed by atoms with van der Waals surface area (Å²) in [6.45, 7) is 2.04. The molecule has 0 radical (unpaired) electrons. The zero-order chi connectivity index (χ0) is 13.9. The summed E-state index contributed by atoms with van der Waals surface area (Å²) in [4.78, 5) is 2.07. The van der Waals surface area contributed by atoms with E-state index in [-0.39, 0.29) is 12.0 Å². The molecule has 0 aliphatic carbocycles. The van der Waals surface area contributed by atoms with E-state index in [0.29, 0.717) is 19.8 Å². The fourth-order valence-electron chi connectivity index (χ4n) is 2.31. The molecule has 5 nitrogen and oxygen atoms in total. The maximum absolute atomic E-state index is 9.50. The second-order valence-corrected chi connectivity index (χ2v) is 5.04. The molecule has 0 spiro atoms. The van der Waals surface area contributed by atoms with Gasteiger partial charge in [-0.3, -0.25) is 0 Å². The second-order valence-electron chi connectivity index (χ2n) is 5.04. The highest BCUT2D eigenvalue weighted by Gasteiger charge is 2.39. The van der Waals surface area contributed by atoms with Gasteiger partial charge in [0.05, 0.1) is 45.1 Å². The Morgan fingerprint density at radius 3 is 2.53 bits per heavy atom. The van der Waals surface area contributed by atoms with Crippen molar-refractivity contribution < 1.29 is 19.3 Å². The molecule has 2 rings (SSSR count). The van der Waals surface area contributed by atoms with Crippen molar-refractivity contribution in [2.45, 2.75) is 0 Å². The van der Waals surface area contributed by atoms with Gasteiger partial charge in [-0.25, -0.2) is 0 Å². The predicted molar refractivity (Wildman–Crippen MR) is 73.2 cm³/mol. The van der Waals surface area contributed by atoms with E-state index in [1.54, 1.807) is 14.2 Å². The lowest BCUT2D eigenvalue weighted by atomic mass is 9.86. The number of anilines is 1. The van der Waals surface area contributed by atoms with E-state index in [1.165, 1.54) is 0 Å². The van der Waals surface area contributed by atoms with Gasteiger partial charge in [-0.05, 0) is 12.1 Å².